The molecule has 1 amide bonds. The van der Waals surface area contributed by atoms with Crippen LogP contribution in [0.3, 0.4) is 0 Å². The van der Waals surface area contributed by atoms with Crippen LogP contribution in [0.15, 0.2) is 59.7 Å². The van der Waals surface area contributed by atoms with Crippen molar-refractivity contribution in [1.82, 2.24) is 9.55 Å². The number of amides is 1. The third kappa shape index (κ3) is 4.88. The molecule has 9 heteroatoms. The average Bonchev–Trinajstić information content (AvgIpc) is 2.75. The van der Waals surface area contributed by atoms with Gasteiger partial charge in [-0.3, -0.25) is 19.0 Å². The number of carbonyl (C=O) groups excluding carboxylic acids is 3. The summed E-state index contributed by atoms with van der Waals surface area (Å²) in [5.41, 5.74) is 0.567. The number of nitrogens with zero attached hydrogens (tertiary/aromatic N) is 2. The summed E-state index contributed by atoms with van der Waals surface area (Å²) >= 11 is 0. The van der Waals surface area contributed by atoms with Crippen molar-refractivity contribution in [3.8, 4) is 0 Å². The van der Waals surface area contributed by atoms with Crippen LogP contribution in [-0.2, 0) is 25.6 Å². The first-order chi connectivity index (χ1) is 14.5. The number of anilines is 1. The second kappa shape index (κ2) is 9.46. The minimum Gasteiger partial charge on any atom is -0.462 e. The number of rotatable bonds is 7. The fourth-order valence-corrected chi connectivity index (χ4v) is 2.71. The highest BCUT2D eigenvalue weighted by Crippen LogP contribution is 2.16. The van der Waals surface area contributed by atoms with Crippen molar-refractivity contribution >= 4 is 34.4 Å². The molecular formula is C21H19N3O6. The molecule has 0 bridgehead atoms. The van der Waals surface area contributed by atoms with E-state index in [2.05, 4.69) is 10.3 Å². The third-order valence-electron chi connectivity index (χ3n) is 4.09. The van der Waals surface area contributed by atoms with Gasteiger partial charge in [0.1, 0.15) is 6.54 Å². The molecule has 3 aromatic rings. The number of hydrogen-bond donors (Lipinski definition) is 1. The van der Waals surface area contributed by atoms with Crippen LogP contribution in [0.25, 0.3) is 10.9 Å². The van der Waals surface area contributed by atoms with Gasteiger partial charge in [-0.1, -0.05) is 24.3 Å². The average molecular weight is 409 g/mol. The smallest absolute Gasteiger partial charge is 0.340 e. The molecule has 0 saturated carbocycles. The van der Waals surface area contributed by atoms with Crippen molar-refractivity contribution < 1.29 is 23.9 Å². The van der Waals surface area contributed by atoms with Gasteiger partial charge in [-0.15, -0.1) is 0 Å². The number of benzene rings is 2. The molecule has 0 unspecified atom stereocenters. The molecule has 3 rings (SSSR count). The zero-order valence-electron chi connectivity index (χ0n) is 16.2. The predicted octanol–water partition coefficient (Wildman–Crippen LogP) is 1.76. The summed E-state index contributed by atoms with van der Waals surface area (Å²) in [5.74, 6) is -1.99. The number of nitrogens with one attached hydrogen (secondary N) is 1. The highest BCUT2D eigenvalue weighted by Gasteiger charge is 2.15. The predicted molar refractivity (Wildman–Crippen MR) is 108 cm³/mol. The molecule has 0 aliphatic heterocycles. The molecule has 0 spiro atoms. The Balaban J connectivity index is 1.59. The van der Waals surface area contributed by atoms with Crippen molar-refractivity contribution in [2.75, 3.05) is 18.5 Å². The van der Waals surface area contributed by atoms with E-state index in [1.807, 2.05) is 0 Å². The minimum absolute atomic E-state index is 0.188. The fourth-order valence-electron chi connectivity index (χ4n) is 2.71. The van der Waals surface area contributed by atoms with Crippen LogP contribution < -0.4 is 10.9 Å². The largest absolute Gasteiger partial charge is 0.462 e. The Labute approximate surface area is 171 Å². The van der Waals surface area contributed by atoms with Gasteiger partial charge in [0.2, 0.25) is 0 Å². The lowest BCUT2D eigenvalue weighted by atomic mass is 10.2. The summed E-state index contributed by atoms with van der Waals surface area (Å²) in [7, 11) is 0. The zero-order valence-corrected chi connectivity index (χ0v) is 16.2. The third-order valence-corrected chi connectivity index (χ3v) is 4.09. The van der Waals surface area contributed by atoms with E-state index in [9.17, 15) is 19.2 Å². The number of esters is 2. The molecule has 154 valence electrons. The Morgan fingerprint density at radius 1 is 1.03 bits per heavy atom. The molecule has 1 aromatic heterocycles. The second-order valence-corrected chi connectivity index (χ2v) is 6.17. The van der Waals surface area contributed by atoms with Crippen molar-refractivity contribution in [2.45, 2.75) is 13.5 Å². The monoisotopic (exact) mass is 409 g/mol. The number of aromatic nitrogens is 2. The van der Waals surface area contributed by atoms with E-state index in [4.69, 9.17) is 9.47 Å². The minimum atomic E-state index is -0.775. The van der Waals surface area contributed by atoms with Gasteiger partial charge in [0.15, 0.2) is 6.61 Å². The van der Waals surface area contributed by atoms with Gasteiger partial charge in [-0.2, -0.15) is 0 Å². The van der Waals surface area contributed by atoms with E-state index in [1.165, 1.54) is 18.5 Å². The molecule has 1 N–H and O–H groups in total. The fraction of sp³-hybridized carbons (Fsp3) is 0.190. The maximum atomic E-state index is 12.4. The molecular weight excluding hydrogens is 390 g/mol. The van der Waals surface area contributed by atoms with E-state index in [-0.39, 0.29) is 30.0 Å². The molecule has 0 saturated heterocycles. The number of fused-ring (bicyclic) bond motifs is 1. The molecule has 30 heavy (non-hydrogen) atoms. The summed E-state index contributed by atoms with van der Waals surface area (Å²) in [5, 5.41) is 2.88. The first-order valence-corrected chi connectivity index (χ1v) is 9.15. The van der Waals surface area contributed by atoms with Crippen LogP contribution in [0.2, 0.25) is 0 Å². The summed E-state index contributed by atoms with van der Waals surface area (Å²) in [6.07, 6.45) is 1.25. The highest BCUT2D eigenvalue weighted by atomic mass is 16.5. The van der Waals surface area contributed by atoms with Crippen molar-refractivity contribution in [2.24, 2.45) is 0 Å². The van der Waals surface area contributed by atoms with Crippen LogP contribution in [0, 0.1) is 0 Å². The maximum Gasteiger partial charge on any atom is 0.340 e. The topological polar surface area (TPSA) is 117 Å². The summed E-state index contributed by atoms with van der Waals surface area (Å²) in [4.78, 5) is 52.6. The van der Waals surface area contributed by atoms with Crippen molar-refractivity contribution in [1.29, 1.82) is 0 Å². The number of ether oxygens (including phenoxy) is 2. The Bertz CT molecular complexity index is 1150. The number of hydrogen-bond acceptors (Lipinski definition) is 7. The van der Waals surface area contributed by atoms with E-state index in [1.54, 1.807) is 43.3 Å². The lowest BCUT2D eigenvalue weighted by Crippen LogP contribution is -2.28. The molecule has 0 aliphatic carbocycles. The molecule has 9 nitrogen and oxygen atoms in total. The Morgan fingerprint density at radius 2 is 1.77 bits per heavy atom. The Hall–Kier alpha value is -4.01. The first-order valence-electron chi connectivity index (χ1n) is 9.15. The van der Waals surface area contributed by atoms with Gasteiger partial charge in [-0.25, -0.2) is 9.78 Å². The number of para-hydroxylation sites is 2. The van der Waals surface area contributed by atoms with E-state index >= 15 is 0 Å². The molecule has 0 fully saturated rings. The van der Waals surface area contributed by atoms with Gasteiger partial charge in [0, 0.05) is 0 Å². The zero-order chi connectivity index (χ0) is 21.5. The Morgan fingerprint density at radius 3 is 2.57 bits per heavy atom. The lowest BCUT2D eigenvalue weighted by Gasteiger charge is -2.11. The van der Waals surface area contributed by atoms with Crippen LogP contribution in [0.4, 0.5) is 5.69 Å². The maximum absolute atomic E-state index is 12.4. The molecule has 0 aliphatic rings. The SMILES string of the molecule is CCOC(=O)c1ccccc1NC(=O)COC(=O)Cn1cnc2ccccc2c1=O. The normalized spacial score (nSPS) is 10.4. The second-order valence-electron chi connectivity index (χ2n) is 6.17. The van der Waals surface area contributed by atoms with E-state index < -0.39 is 24.5 Å². The quantitative estimate of drug-likeness (QED) is 0.591. The molecule has 0 radical (unpaired) electrons. The molecule has 2 aromatic carbocycles. The van der Waals surface area contributed by atoms with Crippen molar-refractivity contribution in [3.05, 3.63) is 70.8 Å². The van der Waals surface area contributed by atoms with E-state index in [0.717, 1.165) is 4.57 Å². The Kier molecular flexibility index (Phi) is 6.53. The first kappa shape index (κ1) is 20.7. The van der Waals surface area contributed by atoms with Gasteiger partial charge in [0.25, 0.3) is 11.5 Å². The highest BCUT2D eigenvalue weighted by molar-refractivity contribution is 6.01. The van der Waals surface area contributed by atoms with Crippen LogP contribution in [-0.4, -0.2) is 40.6 Å². The van der Waals surface area contributed by atoms with Gasteiger partial charge in [-0.05, 0) is 31.2 Å². The summed E-state index contributed by atoms with van der Waals surface area (Å²) in [6.45, 7) is 0.909. The lowest BCUT2D eigenvalue weighted by molar-refractivity contribution is -0.147. The van der Waals surface area contributed by atoms with Gasteiger partial charge < -0.3 is 14.8 Å². The summed E-state index contributed by atoms with van der Waals surface area (Å²) in [6, 6.07) is 13.1. The van der Waals surface area contributed by atoms with Crippen LogP contribution >= 0.6 is 0 Å². The van der Waals surface area contributed by atoms with Crippen LogP contribution in [0.1, 0.15) is 17.3 Å². The molecule has 1 heterocycles. The van der Waals surface area contributed by atoms with Crippen molar-refractivity contribution in [3.63, 3.8) is 0 Å². The van der Waals surface area contributed by atoms with Crippen LogP contribution in [0.5, 0.6) is 0 Å². The number of carbonyl (C=O) groups is 3. The summed E-state index contributed by atoms with van der Waals surface area (Å²) < 4.78 is 11.0. The standard InChI is InChI=1S/C21H19N3O6/c1-2-29-21(28)15-8-4-6-10-17(15)23-18(25)12-30-19(26)11-24-13-22-16-9-5-3-7-14(16)20(24)27/h3-10,13H,2,11-12H2,1H3,(H,23,25). The van der Waals surface area contributed by atoms with Gasteiger partial charge in [0.05, 0.1) is 35.1 Å². The molecule has 0 atom stereocenters. The van der Waals surface area contributed by atoms with E-state index in [0.29, 0.717) is 10.9 Å². The van der Waals surface area contributed by atoms with Gasteiger partial charge >= 0.3 is 11.9 Å².